The third-order valence-electron chi connectivity index (χ3n) is 4.42. The highest BCUT2D eigenvalue weighted by atomic mass is 32.2. The standard InChI is InChI=1S/C16H18N4OS/c1-10-18-19-15-7-6-12(9-20(10)15)17-16(21)14-8-11-4-2-3-5-13(11)22-14/h2-5,12,14H,6-9H2,1H3,(H,17,21)/t12-,14-/m0/s1. The Morgan fingerprint density at radius 1 is 1.36 bits per heavy atom. The van der Waals surface area contributed by atoms with Crippen LogP contribution in [0.4, 0.5) is 0 Å². The van der Waals surface area contributed by atoms with Gasteiger partial charge >= 0.3 is 0 Å². The Hall–Kier alpha value is -1.82. The summed E-state index contributed by atoms with van der Waals surface area (Å²) in [5.41, 5.74) is 1.29. The summed E-state index contributed by atoms with van der Waals surface area (Å²) in [4.78, 5) is 13.8. The van der Waals surface area contributed by atoms with E-state index in [1.54, 1.807) is 11.8 Å². The largest absolute Gasteiger partial charge is 0.351 e. The Balaban J connectivity index is 1.41. The molecule has 0 unspecified atom stereocenters. The van der Waals surface area contributed by atoms with E-state index >= 15 is 0 Å². The first-order chi connectivity index (χ1) is 10.7. The zero-order valence-corrected chi connectivity index (χ0v) is 13.3. The summed E-state index contributed by atoms with van der Waals surface area (Å²) in [5, 5.41) is 11.5. The van der Waals surface area contributed by atoms with Crippen molar-refractivity contribution in [3.05, 3.63) is 41.5 Å². The molecule has 0 radical (unpaired) electrons. The van der Waals surface area contributed by atoms with E-state index in [4.69, 9.17) is 0 Å². The quantitative estimate of drug-likeness (QED) is 0.917. The number of nitrogens with zero attached hydrogens (tertiary/aromatic N) is 3. The molecule has 2 aliphatic heterocycles. The van der Waals surface area contributed by atoms with Crippen LogP contribution < -0.4 is 5.32 Å². The molecule has 0 saturated carbocycles. The molecular weight excluding hydrogens is 296 g/mol. The van der Waals surface area contributed by atoms with E-state index < -0.39 is 0 Å². The number of carbonyl (C=O) groups is 1. The number of aryl methyl sites for hydroxylation is 2. The highest BCUT2D eigenvalue weighted by Gasteiger charge is 2.30. The molecule has 4 rings (SSSR count). The molecule has 0 saturated heterocycles. The lowest BCUT2D eigenvalue weighted by Gasteiger charge is -2.26. The van der Waals surface area contributed by atoms with E-state index in [2.05, 4.69) is 32.2 Å². The number of carbonyl (C=O) groups excluding carboxylic acids is 1. The first kappa shape index (κ1) is 13.8. The van der Waals surface area contributed by atoms with Crippen molar-refractivity contribution >= 4 is 17.7 Å². The van der Waals surface area contributed by atoms with E-state index in [0.29, 0.717) is 0 Å². The summed E-state index contributed by atoms with van der Waals surface area (Å²) in [6.45, 7) is 2.74. The van der Waals surface area contributed by atoms with Gasteiger partial charge in [0.2, 0.25) is 5.91 Å². The first-order valence-electron chi connectivity index (χ1n) is 7.64. The molecule has 22 heavy (non-hydrogen) atoms. The highest BCUT2D eigenvalue weighted by molar-refractivity contribution is 8.01. The van der Waals surface area contributed by atoms with Gasteiger partial charge in [0.25, 0.3) is 0 Å². The predicted octanol–water partition coefficient (Wildman–Crippen LogP) is 1.73. The van der Waals surface area contributed by atoms with E-state index in [9.17, 15) is 4.79 Å². The maximum Gasteiger partial charge on any atom is 0.234 e. The molecule has 6 heteroatoms. The van der Waals surface area contributed by atoms with Crippen molar-refractivity contribution in [1.29, 1.82) is 0 Å². The van der Waals surface area contributed by atoms with Gasteiger partial charge in [-0.3, -0.25) is 4.79 Å². The Bertz CT molecular complexity index is 702. The lowest BCUT2D eigenvalue weighted by molar-refractivity contribution is -0.121. The van der Waals surface area contributed by atoms with Gasteiger partial charge in [0, 0.05) is 23.9 Å². The number of hydrogen-bond acceptors (Lipinski definition) is 4. The summed E-state index contributed by atoms with van der Waals surface area (Å²) >= 11 is 1.68. The number of aromatic nitrogens is 3. The molecule has 1 aromatic heterocycles. The second-order valence-electron chi connectivity index (χ2n) is 5.94. The van der Waals surface area contributed by atoms with Crippen LogP contribution in [-0.4, -0.2) is 32.0 Å². The average Bonchev–Trinajstić information content (AvgIpc) is 3.11. The second-order valence-corrected chi connectivity index (χ2v) is 7.18. The fourth-order valence-electron chi connectivity index (χ4n) is 3.20. The summed E-state index contributed by atoms with van der Waals surface area (Å²) < 4.78 is 2.12. The maximum atomic E-state index is 12.5. The van der Waals surface area contributed by atoms with Crippen LogP contribution in [-0.2, 0) is 24.2 Å². The first-order valence-corrected chi connectivity index (χ1v) is 8.52. The molecule has 0 fully saturated rings. The number of rotatable bonds is 2. The molecule has 1 N–H and O–H groups in total. The monoisotopic (exact) mass is 314 g/mol. The van der Waals surface area contributed by atoms with Crippen molar-refractivity contribution in [3.63, 3.8) is 0 Å². The Morgan fingerprint density at radius 3 is 3.09 bits per heavy atom. The Morgan fingerprint density at radius 2 is 2.23 bits per heavy atom. The molecule has 0 aliphatic carbocycles. The van der Waals surface area contributed by atoms with Crippen LogP contribution in [0, 0.1) is 6.92 Å². The molecule has 0 bridgehead atoms. The highest BCUT2D eigenvalue weighted by Crippen LogP contribution is 2.36. The number of amides is 1. The number of fused-ring (bicyclic) bond motifs is 2. The number of nitrogens with one attached hydrogen (secondary N) is 1. The number of benzene rings is 1. The molecule has 2 atom stereocenters. The molecule has 1 aromatic carbocycles. The molecule has 2 aromatic rings. The molecular formula is C16H18N4OS. The summed E-state index contributed by atoms with van der Waals surface area (Å²) in [5.74, 6) is 2.11. The molecule has 5 nitrogen and oxygen atoms in total. The van der Waals surface area contributed by atoms with Crippen molar-refractivity contribution < 1.29 is 4.79 Å². The summed E-state index contributed by atoms with van der Waals surface area (Å²) in [7, 11) is 0. The third-order valence-corrected chi connectivity index (χ3v) is 5.74. The zero-order chi connectivity index (χ0) is 15.1. The smallest absolute Gasteiger partial charge is 0.234 e. The van der Waals surface area contributed by atoms with Gasteiger partial charge in [-0.15, -0.1) is 22.0 Å². The SMILES string of the molecule is Cc1nnc2n1C[C@@H](NC(=O)[C@@H]1Cc3ccccc3S1)CC2. The molecule has 3 heterocycles. The summed E-state index contributed by atoms with van der Waals surface area (Å²) in [6, 6.07) is 8.46. The van der Waals surface area contributed by atoms with Crippen molar-refractivity contribution in [2.24, 2.45) is 0 Å². The number of hydrogen-bond donors (Lipinski definition) is 1. The number of thioether (sulfide) groups is 1. The van der Waals surface area contributed by atoms with Crippen LogP contribution in [0.15, 0.2) is 29.2 Å². The van der Waals surface area contributed by atoms with E-state index in [1.807, 2.05) is 19.1 Å². The second kappa shape index (κ2) is 5.43. The Kier molecular flexibility index (Phi) is 3.41. The van der Waals surface area contributed by atoms with Gasteiger partial charge in [-0.25, -0.2) is 0 Å². The molecule has 2 aliphatic rings. The van der Waals surface area contributed by atoms with Gasteiger partial charge < -0.3 is 9.88 Å². The minimum atomic E-state index is 0.000746. The lowest BCUT2D eigenvalue weighted by Crippen LogP contribution is -2.44. The minimum Gasteiger partial charge on any atom is -0.351 e. The normalized spacial score (nSPS) is 23.0. The average molecular weight is 314 g/mol. The van der Waals surface area contributed by atoms with Crippen LogP contribution in [0.25, 0.3) is 0 Å². The van der Waals surface area contributed by atoms with Crippen LogP contribution >= 0.6 is 11.8 Å². The van der Waals surface area contributed by atoms with Crippen molar-refractivity contribution in [2.45, 2.75) is 48.9 Å². The van der Waals surface area contributed by atoms with Gasteiger partial charge in [0.05, 0.1) is 5.25 Å². The van der Waals surface area contributed by atoms with Gasteiger partial charge in [0.15, 0.2) is 0 Å². The third kappa shape index (κ3) is 2.41. The van der Waals surface area contributed by atoms with Crippen LogP contribution in [0.5, 0.6) is 0 Å². The maximum absolute atomic E-state index is 12.5. The lowest BCUT2D eigenvalue weighted by atomic mass is 10.1. The topological polar surface area (TPSA) is 59.8 Å². The van der Waals surface area contributed by atoms with Crippen LogP contribution in [0.3, 0.4) is 0 Å². The van der Waals surface area contributed by atoms with Gasteiger partial charge in [-0.05, 0) is 31.4 Å². The fraction of sp³-hybridized carbons (Fsp3) is 0.438. The predicted molar refractivity (Wildman–Crippen MR) is 84.8 cm³/mol. The van der Waals surface area contributed by atoms with Crippen molar-refractivity contribution in [3.8, 4) is 0 Å². The molecule has 0 spiro atoms. The zero-order valence-electron chi connectivity index (χ0n) is 12.5. The molecule has 114 valence electrons. The molecule has 1 amide bonds. The van der Waals surface area contributed by atoms with Gasteiger partial charge in [-0.1, -0.05) is 18.2 Å². The van der Waals surface area contributed by atoms with E-state index in [-0.39, 0.29) is 17.2 Å². The fourth-order valence-corrected chi connectivity index (χ4v) is 4.41. The van der Waals surface area contributed by atoms with Crippen molar-refractivity contribution in [1.82, 2.24) is 20.1 Å². The van der Waals surface area contributed by atoms with Gasteiger partial charge in [-0.2, -0.15) is 0 Å². The van der Waals surface area contributed by atoms with Crippen LogP contribution in [0.1, 0.15) is 23.6 Å². The van der Waals surface area contributed by atoms with E-state index in [1.165, 1.54) is 10.5 Å². The van der Waals surface area contributed by atoms with E-state index in [0.717, 1.165) is 37.5 Å². The Labute approximate surface area is 133 Å². The van der Waals surface area contributed by atoms with Gasteiger partial charge in [0.1, 0.15) is 11.6 Å². The van der Waals surface area contributed by atoms with Crippen LogP contribution in [0.2, 0.25) is 0 Å². The van der Waals surface area contributed by atoms with Crippen molar-refractivity contribution in [2.75, 3.05) is 0 Å². The minimum absolute atomic E-state index is 0.000746. The summed E-state index contributed by atoms with van der Waals surface area (Å²) in [6.07, 6.45) is 2.65.